The first-order chi connectivity index (χ1) is 9.43. The van der Waals surface area contributed by atoms with Crippen molar-refractivity contribution in [2.75, 3.05) is 0 Å². The molecule has 1 aromatic carbocycles. The van der Waals surface area contributed by atoms with Crippen LogP contribution in [0.1, 0.15) is 16.1 Å². The van der Waals surface area contributed by atoms with Gasteiger partial charge in [-0.15, -0.1) is 0 Å². The van der Waals surface area contributed by atoms with E-state index in [4.69, 9.17) is 0 Å². The Morgan fingerprint density at radius 2 is 1.55 bits per heavy atom. The number of carbonyl (C=O) groups excluding carboxylic acids is 1. The molecule has 2 rings (SSSR count). The first kappa shape index (κ1) is 14.0. The van der Waals surface area contributed by atoms with Crippen LogP contribution in [0.5, 0.6) is 0 Å². The normalized spacial score (nSPS) is 10.7. The van der Waals surface area contributed by atoms with E-state index in [0.29, 0.717) is 0 Å². The summed E-state index contributed by atoms with van der Waals surface area (Å²) in [6.45, 7) is -1.08. The number of carbonyl (C=O) groups is 1. The molecule has 0 radical (unpaired) electrons. The number of esters is 1. The Morgan fingerprint density at radius 1 is 1.00 bits per heavy atom. The van der Waals surface area contributed by atoms with Crippen molar-refractivity contribution in [3.8, 4) is 0 Å². The number of aromatic nitrogens is 1. The van der Waals surface area contributed by atoms with E-state index in [2.05, 4.69) is 9.72 Å². The molecule has 0 aliphatic rings. The van der Waals surface area contributed by atoms with Gasteiger partial charge >= 0.3 is 5.97 Å². The van der Waals surface area contributed by atoms with Crippen molar-refractivity contribution in [3.63, 3.8) is 0 Å². The second-order valence-corrected chi connectivity index (χ2v) is 3.71. The van der Waals surface area contributed by atoms with Gasteiger partial charge in [-0.25, -0.2) is 26.7 Å². The lowest BCUT2D eigenvalue weighted by atomic mass is 10.2. The number of H-pyrrole nitrogens is 1. The third kappa shape index (κ3) is 2.36. The Morgan fingerprint density at radius 3 is 2.05 bits per heavy atom. The lowest BCUT2D eigenvalue weighted by Crippen LogP contribution is -2.12. The molecule has 0 fully saturated rings. The van der Waals surface area contributed by atoms with Gasteiger partial charge in [-0.2, -0.15) is 0 Å². The summed E-state index contributed by atoms with van der Waals surface area (Å²) >= 11 is 0. The second kappa shape index (κ2) is 5.32. The summed E-state index contributed by atoms with van der Waals surface area (Å²) in [5.41, 5.74) is -1.23. The molecule has 1 aromatic heterocycles. The lowest BCUT2D eigenvalue weighted by Gasteiger charge is -2.08. The van der Waals surface area contributed by atoms with E-state index in [0.717, 1.165) is 0 Å². The first-order valence-electron chi connectivity index (χ1n) is 5.24. The molecule has 0 aliphatic heterocycles. The molecule has 1 N–H and O–H groups in total. The molecular weight excluding hydrogens is 285 g/mol. The minimum absolute atomic E-state index is 0.0196. The van der Waals surface area contributed by atoms with Gasteiger partial charge in [-0.1, -0.05) is 0 Å². The van der Waals surface area contributed by atoms with Crippen LogP contribution in [0.3, 0.4) is 0 Å². The van der Waals surface area contributed by atoms with Crippen LogP contribution in [0, 0.1) is 29.1 Å². The topological polar surface area (TPSA) is 42.1 Å². The minimum Gasteiger partial charge on any atom is -0.456 e. The molecule has 1 heterocycles. The minimum atomic E-state index is -2.26. The van der Waals surface area contributed by atoms with E-state index in [1.807, 2.05) is 0 Å². The van der Waals surface area contributed by atoms with Crippen LogP contribution in [-0.4, -0.2) is 11.0 Å². The highest BCUT2D eigenvalue weighted by atomic mass is 19.2. The van der Waals surface area contributed by atoms with Crippen molar-refractivity contribution in [2.45, 2.75) is 6.61 Å². The Hall–Kier alpha value is -2.38. The predicted octanol–water partition coefficient (Wildman–Crippen LogP) is 3.07. The molecule has 0 amide bonds. The Labute approximate surface area is 109 Å². The van der Waals surface area contributed by atoms with E-state index < -0.39 is 47.2 Å². The van der Waals surface area contributed by atoms with Crippen molar-refractivity contribution < 1.29 is 31.5 Å². The molecule has 0 saturated heterocycles. The fraction of sp³-hybridized carbons (Fsp3) is 0.0833. The summed E-state index contributed by atoms with van der Waals surface area (Å²) in [6, 6.07) is 2.79. The van der Waals surface area contributed by atoms with Crippen molar-refractivity contribution in [1.29, 1.82) is 0 Å². The highest BCUT2D eigenvalue weighted by Gasteiger charge is 2.26. The monoisotopic (exact) mass is 291 g/mol. The van der Waals surface area contributed by atoms with Crippen molar-refractivity contribution in [1.82, 2.24) is 4.98 Å². The fourth-order valence-corrected chi connectivity index (χ4v) is 1.45. The molecule has 20 heavy (non-hydrogen) atoms. The van der Waals surface area contributed by atoms with Gasteiger partial charge in [0.15, 0.2) is 23.3 Å². The zero-order valence-corrected chi connectivity index (χ0v) is 9.65. The van der Waals surface area contributed by atoms with E-state index in [9.17, 15) is 26.7 Å². The van der Waals surface area contributed by atoms with Crippen molar-refractivity contribution in [3.05, 3.63) is 58.7 Å². The quantitative estimate of drug-likeness (QED) is 0.409. The van der Waals surface area contributed by atoms with E-state index >= 15 is 0 Å². The molecule has 0 saturated carbocycles. The largest absolute Gasteiger partial charge is 0.456 e. The van der Waals surface area contributed by atoms with Crippen LogP contribution < -0.4 is 0 Å². The number of ether oxygens (including phenoxy) is 1. The number of hydrogen-bond acceptors (Lipinski definition) is 2. The van der Waals surface area contributed by atoms with E-state index in [1.54, 1.807) is 0 Å². The highest BCUT2D eigenvalue weighted by molar-refractivity contribution is 5.87. The maximum Gasteiger partial charge on any atom is 0.355 e. The number of rotatable bonds is 3. The number of aromatic amines is 1. The summed E-state index contributed by atoms with van der Waals surface area (Å²) in [4.78, 5) is 13.8. The lowest BCUT2D eigenvalue weighted by molar-refractivity contribution is 0.0456. The number of halogens is 5. The zero-order chi connectivity index (χ0) is 14.9. The summed E-state index contributed by atoms with van der Waals surface area (Å²) in [5, 5.41) is 0. The molecular formula is C12H6F5NO2. The van der Waals surface area contributed by atoms with E-state index in [-0.39, 0.29) is 5.69 Å². The summed E-state index contributed by atoms with van der Waals surface area (Å²) in [7, 11) is 0. The van der Waals surface area contributed by atoms with Gasteiger partial charge in [0, 0.05) is 6.20 Å². The van der Waals surface area contributed by atoms with Gasteiger partial charge in [0.1, 0.15) is 12.3 Å². The molecule has 8 heteroatoms. The van der Waals surface area contributed by atoms with Gasteiger partial charge in [0.05, 0.1) is 5.56 Å². The molecule has 0 atom stereocenters. The average Bonchev–Trinajstić information content (AvgIpc) is 2.97. The zero-order valence-electron chi connectivity index (χ0n) is 9.65. The molecule has 106 valence electrons. The summed E-state index contributed by atoms with van der Waals surface area (Å²) in [6.07, 6.45) is 1.40. The van der Waals surface area contributed by atoms with Gasteiger partial charge in [-0.3, -0.25) is 0 Å². The standard InChI is InChI=1S/C12H6F5NO2/c13-7-5(8(14)10(16)11(17)9(7)15)4-20-12(19)6-2-1-3-18-6/h1-3,18H,4H2. The number of hydrogen-bond donors (Lipinski definition) is 1. The van der Waals surface area contributed by atoms with Crippen LogP contribution >= 0.6 is 0 Å². The maximum atomic E-state index is 13.3. The Balaban J connectivity index is 2.24. The second-order valence-electron chi connectivity index (χ2n) is 3.71. The van der Waals surface area contributed by atoms with Gasteiger partial charge in [0.25, 0.3) is 0 Å². The fourth-order valence-electron chi connectivity index (χ4n) is 1.45. The van der Waals surface area contributed by atoms with Crippen LogP contribution in [0.25, 0.3) is 0 Å². The smallest absolute Gasteiger partial charge is 0.355 e. The molecule has 0 spiro atoms. The van der Waals surface area contributed by atoms with Gasteiger partial charge in [-0.05, 0) is 12.1 Å². The van der Waals surface area contributed by atoms with Crippen molar-refractivity contribution in [2.24, 2.45) is 0 Å². The molecule has 0 unspecified atom stereocenters. The Bertz CT molecular complexity index is 625. The molecule has 0 bridgehead atoms. The Kier molecular flexibility index (Phi) is 3.73. The molecule has 3 nitrogen and oxygen atoms in total. The summed E-state index contributed by atoms with van der Waals surface area (Å²) in [5.74, 6) is -11.5. The number of benzene rings is 1. The van der Waals surface area contributed by atoms with Crippen LogP contribution in [0.4, 0.5) is 22.0 Å². The van der Waals surface area contributed by atoms with Crippen LogP contribution in [0.15, 0.2) is 18.3 Å². The van der Waals surface area contributed by atoms with Crippen LogP contribution in [-0.2, 0) is 11.3 Å². The third-order valence-electron chi connectivity index (χ3n) is 2.47. The van der Waals surface area contributed by atoms with Crippen LogP contribution in [0.2, 0.25) is 0 Å². The number of nitrogens with one attached hydrogen (secondary N) is 1. The highest BCUT2D eigenvalue weighted by Crippen LogP contribution is 2.23. The van der Waals surface area contributed by atoms with Crippen molar-refractivity contribution >= 4 is 5.97 Å². The predicted molar refractivity (Wildman–Crippen MR) is 56.1 cm³/mol. The van der Waals surface area contributed by atoms with Gasteiger partial charge < -0.3 is 9.72 Å². The summed E-state index contributed by atoms with van der Waals surface area (Å²) < 4.78 is 69.6. The molecule has 2 aromatic rings. The molecule has 0 aliphatic carbocycles. The SMILES string of the molecule is O=C(OCc1c(F)c(F)c(F)c(F)c1F)c1ccc[nH]1. The third-order valence-corrected chi connectivity index (χ3v) is 2.47. The maximum absolute atomic E-state index is 13.3. The average molecular weight is 291 g/mol. The van der Waals surface area contributed by atoms with E-state index in [1.165, 1.54) is 18.3 Å². The first-order valence-corrected chi connectivity index (χ1v) is 5.24. The van der Waals surface area contributed by atoms with Gasteiger partial charge in [0.2, 0.25) is 5.82 Å².